The molecule has 5 nitrogen and oxygen atoms in total. The van der Waals surface area contributed by atoms with E-state index in [1.54, 1.807) is 11.0 Å². The normalized spacial score (nSPS) is 10.5. The first-order valence-electron chi connectivity index (χ1n) is 6.84. The molecule has 0 atom stereocenters. The standard InChI is InChI=1S/C15H22FN3O2/c1-12(20)19(10-9-18(2)3)8-7-17-15(21)13-5-4-6-14(16)11-13/h4-6,11H,7-10H2,1-3H3,(H,17,21). The van der Waals surface area contributed by atoms with Crippen LogP contribution in [0, 0.1) is 5.82 Å². The fraction of sp³-hybridized carbons (Fsp3) is 0.467. The molecule has 21 heavy (non-hydrogen) atoms. The molecule has 1 rings (SSSR count). The second kappa shape index (κ2) is 8.36. The Morgan fingerprint density at radius 2 is 1.90 bits per heavy atom. The van der Waals surface area contributed by atoms with Crippen LogP contribution >= 0.6 is 0 Å². The molecule has 116 valence electrons. The Kier molecular flexibility index (Phi) is 6.81. The van der Waals surface area contributed by atoms with Crippen LogP contribution in [0.15, 0.2) is 24.3 Å². The molecule has 2 amide bonds. The lowest BCUT2D eigenvalue weighted by Gasteiger charge is -2.23. The van der Waals surface area contributed by atoms with E-state index in [-0.39, 0.29) is 17.4 Å². The van der Waals surface area contributed by atoms with E-state index in [0.717, 1.165) is 6.54 Å². The van der Waals surface area contributed by atoms with Gasteiger partial charge in [0, 0.05) is 38.7 Å². The van der Waals surface area contributed by atoms with E-state index < -0.39 is 5.82 Å². The smallest absolute Gasteiger partial charge is 0.251 e. The topological polar surface area (TPSA) is 52.7 Å². The minimum Gasteiger partial charge on any atom is -0.350 e. The van der Waals surface area contributed by atoms with E-state index in [0.29, 0.717) is 19.6 Å². The van der Waals surface area contributed by atoms with Gasteiger partial charge in [-0.15, -0.1) is 0 Å². The van der Waals surface area contributed by atoms with Gasteiger partial charge in [-0.2, -0.15) is 0 Å². The third-order valence-electron chi connectivity index (χ3n) is 3.02. The molecular formula is C15H22FN3O2. The maximum absolute atomic E-state index is 13.0. The van der Waals surface area contributed by atoms with Gasteiger partial charge in [-0.3, -0.25) is 9.59 Å². The Balaban J connectivity index is 2.43. The van der Waals surface area contributed by atoms with Crippen LogP contribution < -0.4 is 5.32 Å². The first kappa shape index (κ1) is 17.1. The maximum atomic E-state index is 13.0. The Hall–Kier alpha value is -1.95. The van der Waals surface area contributed by atoms with E-state index >= 15 is 0 Å². The number of amides is 2. The van der Waals surface area contributed by atoms with Crippen LogP contribution in [0.4, 0.5) is 4.39 Å². The van der Waals surface area contributed by atoms with Gasteiger partial charge in [-0.1, -0.05) is 6.07 Å². The summed E-state index contributed by atoms with van der Waals surface area (Å²) in [5.41, 5.74) is 0.276. The quantitative estimate of drug-likeness (QED) is 0.815. The second-order valence-electron chi connectivity index (χ2n) is 5.08. The number of hydrogen-bond donors (Lipinski definition) is 1. The summed E-state index contributed by atoms with van der Waals surface area (Å²) in [6.07, 6.45) is 0. The van der Waals surface area contributed by atoms with Crippen LogP contribution in [0.1, 0.15) is 17.3 Å². The monoisotopic (exact) mass is 295 g/mol. The van der Waals surface area contributed by atoms with Crippen molar-refractivity contribution >= 4 is 11.8 Å². The van der Waals surface area contributed by atoms with Crippen molar-refractivity contribution in [2.24, 2.45) is 0 Å². The zero-order valence-corrected chi connectivity index (χ0v) is 12.7. The molecular weight excluding hydrogens is 273 g/mol. The Labute approximate surface area is 124 Å². The number of nitrogens with zero attached hydrogens (tertiary/aromatic N) is 2. The lowest BCUT2D eigenvalue weighted by Crippen LogP contribution is -2.40. The number of likely N-dealkylation sites (N-methyl/N-ethyl adjacent to an activating group) is 1. The van der Waals surface area contributed by atoms with Crippen LogP contribution in [-0.4, -0.2) is 61.9 Å². The van der Waals surface area contributed by atoms with E-state index in [2.05, 4.69) is 5.32 Å². The summed E-state index contributed by atoms with van der Waals surface area (Å²) < 4.78 is 13.0. The molecule has 1 aromatic carbocycles. The van der Waals surface area contributed by atoms with E-state index in [1.807, 2.05) is 19.0 Å². The average molecular weight is 295 g/mol. The summed E-state index contributed by atoms with van der Waals surface area (Å²) in [6, 6.07) is 5.51. The molecule has 0 spiro atoms. The van der Waals surface area contributed by atoms with Gasteiger partial charge in [0.25, 0.3) is 5.91 Å². The number of carbonyl (C=O) groups excluding carboxylic acids is 2. The molecule has 0 aliphatic heterocycles. The molecule has 0 bridgehead atoms. The van der Waals surface area contributed by atoms with Crippen molar-refractivity contribution in [1.29, 1.82) is 0 Å². The summed E-state index contributed by atoms with van der Waals surface area (Å²) >= 11 is 0. The van der Waals surface area contributed by atoms with Crippen molar-refractivity contribution < 1.29 is 14.0 Å². The van der Waals surface area contributed by atoms with Crippen LogP contribution in [0.25, 0.3) is 0 Å². The molecule has 0 heterocycles. The number of rotatable bonds is 7. The Morgan fingerprint density at radius 3 is 2.48 bits per heavy atom. The SMILES string of the molecule is CC(=O)N(CCNC(=O)c1cccc(F)c1)CCN(C)C. The number of benzene rings is 1. The molecule has 1 aromatic rings. The van der Waals surface area contributed by atoms with Crippen molar-refractivity contribution in [3.63, 3.8) is 0 Å². The highest BCUT2D eigenvalue weighted by molar-refractivity contribution is 5.94. The minimum atomic E-state index is -0.445. The van der Waals surface area contributed by atoms with Gasteiger partial charge in [0.05, 0.1) is 0 Å². The summed E-state index contributed by atoms with van der Waals surface area (Å²) in [5.74, 6) is -0.818. The van der Waals surface area contributed by atoms with E-state index in [1.165, 1.54) is 25.1 Å². The molecule has 0 aliphatic rings. The van der Waals surface area contributed by atoms with Crippen molar-refractivity contribution in [3.8, 4) is 0 Å². The van der Waals surface area contributed by atoms with Crippen LogP contribution in [0.2, 0.25) is 0 Å². The second-order valence-corrected chi connectivity index (χ2v) is 5.08. The summed E-state index contributed by atoms with van der Waals surface area (Å²) in [5, 5.41) is 2.69. The van der Waals surface area contributed by atoms with Gasteiger partial charge in [0.15, 0.2) is 0 Å². The molecule has 0 fully saturated rings. The van der Waals surface area contributed by atoms with Crippen molar-refractivity contribution in [2.75, 3.05) is 40.3 Å². The molecule has 0 saturated heterocycles. The highest BCUT2D eigenvalue weighted by atomic mass is 19.1. The van der Waals surface area contributed by atoms with Gasteiger partial charge >= 0.3 is 0 Å². The number of hydrogen-bond acceptors (Lipinski definition) is 3. The van der Waals surface area contributed by atoms with Gasteiger partial charge in [0.1, 0.15) is 5.82 Å². The lowest BCUT2D eigenvalue weighted by atomic mass is 10.2. The fourth-order valence-corrected chi connectivity index (χ4v) is 1.78. The van der Waals surface area contributed by atoms with Gasteiger partial charge in [-0.05, 0) is 32.3 Å². The van der Waals surface area contributed by atoms with Crippen molar-refractivity contribution in [2.45, 2.75) is 6.92 Å². The molecule has 0 aromatic heterocycles. The molecule has 0 saturated carbocycles. The third kappa shape index (κ3) is 6.35. The largest absolute Gasteiger partial charge is 0.350 e. The van der Waals surface area contributed by atoms with Gasteiger partial charge < -0.3 is 15.1 Å². The summed E-state index contributed by atoms with van der Waals surface area (Å²) in [4.78, 5) is 27.0. The lowest BCUT2D eigenvalue weighted by molar-refractivity contribution is -0.128. The first-order valence-corrected chi connectivity index (χ1v) is 6.84. The molecule has 0 unspecified atom stereocenters. The fourth-order valence-electron chi connectivity index (χ4n) is 1.78. The first-order chi connectivity index (χ1) is 9.90. The molecule has 6 heteroatoms. The van der Waals surface area contributed by atoms with Crippen LogP contribution in [0.5, 0.6) is 0 Å². The zero-order chi connectivity index (χ0) is 15.8. The minimum absolute atomic E-state index is 0.0307. The Bertz CT molecular complexity index is 492. The number of nitrogens with one attached hydrogen (secondary N) is 1. The summed E-state index contributed by atoms with van der Waals surface area (Å²) in [6.45, 7) is 3.65. The zero-order valence-electron chi connectivity index (χ0n) is 12.7. The highest BCUT2D eigenvalue weighted by Gasteiger charge is 2.10. The van der Waals surface area contributed by atoms with Crippen molar-refractivity contribution in [3.05, 3.63) is 35.6 Å². The van der Waals surface area contributed by atoms with E-state index in [9.17, 15) is 14.0 Å². The third-order valence-corrected chi connectivity index (χ3v) is 3.02. The molecule has 0 aliphatic carbocycles. The molecule has 1 N–H and O–H groups in total. The maximum Gasteiger partial charge on any atom is 0.251 e. The Morgan fingerprint density at radius 1 is 1.19 bits per heavy atom. The number of halogens is 1. The predicted octanol–water partition coefficient (Wildman–Crippen LogP) is 0.966. The van der Waals surface area contributed by atoms with E-state index in [4.69, 9.17) is 0 Å². The average Bonchev–Trinajstić information content (AvgIpc) is 2.41. The van der Waals surface area contributed by atoms with Gasteiger partial charge in [0.2, 0.25) is 5.91 Å². The number of carbonyl (C=O) groups is 2. The van der Waals surface area contributed by atoms with Crippen molar-refractivity contribution in [1.82, 2.24) is 15.1 Å². The molecule has 0 radical (unpaired) electrons. The predicted molar refractivity (Wildman–Crippen MR) is 79.5 cm³/mol. The summed E-state index contributed by atoms with van der Waals surface area (Å²) in [7, 11) is 3.87. The van der Waals surface area contributed by atoms with Crippen LogP contribution in [0.3, 0.4) is 0 Å². The van der Waals surface area contributed by atoms with Crippen LogP contribution in [-0.2, 0) is 4.79 Å². The highest BCUT2D eigenvalue weighted by Crippen LogP contribution is 2.02. The van der Waals surface area contributed by atoms with Gasteiger partial charge in [-0.25, -0.2) is 4.39 Å².